The van der Waals surface area contributed by atoms with Crippen molar-refractivity contribution in [1.82, 2.24) is 20.2 Å². The summed E-state index contributed by atoms with van der Waals surface area (Å²) in [5, 5.41) is 11.6. The molecule has 1 atom stereocenters. The molecule has 1 aliphatic rings. The van der Waals surface area contributed by atoms with Crippen molar-refractivity contribution in [2.75, 3.05) is 24.3 Å². The van der Waals surface area contributed by atoms with Gasteiger partial charge in [0.1, 0.15) is 5.75 Å². The van der Waals surface area contributed by atoms with Crippen molar-refractivity contribution in [3.63, 3.8) is 0 Å². The number of methoxy groups -OCH3 is 1. The molecule has 0 amide bonds. The molecule has 0 bridgehead atoms. The lowest BCUT2D eigenvalue weighted by atomic mass is 10.1. The van der Waals surface area contributed by atoms with Crippen molar-refractivity contribution >= 4 is 15.5 Å². The van der Waals surface area contributed by atoms with E-state index in [0.717, 1.165) is 0 Å². The molecule has 21 heavy (non-hydrogen) atoms. The van der Waals surface area contributed by atoms with Gasteiger partial charge in [0, 0.05) is 5.69 Å². The van der Waals surface area contributed by atoms with Crippen LogP contribution in [0.5, 0.6) is 5.75 Å². The third-order valence-corrected chi connectivity index (χ3v) is 5.26. The molecule has 0 radical (unpaired) electrons. The molecule has 9 heteroatoms. The van der Waals surface area contributed by atoms with E-state index in [9.17, 15) is 8.42 Å². The summed E-state index contributed by atoms with van der Waals surface area (Å²) in [6.07, 6.45) is 0.505. The molecular weight excluding hydrogens is 294 g/mol. The van der Waals surface area contributed by atoms with E-state index in [2.05, 4.69) is 15.5 Å². The van der Waals surface area contributed by atoms with Crippen LogP contribution in [0.2, 0.25) is 0 Å². The molecular formula is C12H15N5O3S. The fourth-order valence-corrected chi connectivity index (χ4v) is 4.18. The Hall–Kier alpha value is -2.16. The average molecular weight is 309 g/mol. The van der Waals surface area contributed by atoms with Gasteiger partial charge in [-0.2, -0.15) is 0 Å². The Bertz CT molecular complexity index is 771. The molecule has 1 saturated heterocycles. The Morgan fingerprint density at radius 3 is 2.90 bits per heavy atom. The number of ether oxygens (including phenoxy) is 1. The van der Waals surface area contributed by atoms with Gasteiger partial charge in [-0.1, -0.05) is 0 Å². The van der Waals surface area contributed by atoms with E-state index in [1.165, 1.54) is 0 Å². The quantitative estimate of drug-likeness (QED) is 0.811. The van der Waals surface area contributed by atoms with Crippen LogP contribution in [0.4, 0.5) is 5.69 Å². The van der Waals surface area contributed by atoms with E-state index < -0.39 is 9.84 Å². The number of sulfone groups is 1. The molecule has 2 heterocycles. The number of nitrogens with two attached hydrogens (primary N) is 1. The van der Waals surface area contributed by atoms with Crippen molar-refractivity contribution < 1.29 is 13.2 Å². The number of tetrazole rings is 1. The van der Waals surface area contributed by atoms with Crippen LogP contribution in [0.25, 0.3) is 11.4 Å². The number of hydrogen-bond donors (Lipinski definition) is 1. The van der Waals surface area contributed by atoms with E-state index in [1.54, 1.807) is 30.0 Å². The first kappa shape index (κ1) is 13.8. The number of aromatic nitrogens is 4. The lowest BCUT2D eigenvalue weighted by Gasteiger charge is -2.13. The van der Waals surface area contributed by atoms with Crippen LogP contribution in [0.1, 0.15) is 12.5 Å². The highest BCUT2D eigenvalue weighted by Gasteiger charge is 2.32. The summed E-state index contributed by atoms with van der Waals surface area (Å²) in [6.45, 7) is 0. The van der Waals surface area contributed by atoms with Crippen molar-refractivity contribution in [3.8, 4) is 17.1 Å². The third kappa shape index (κ3) is 2.56. The molecule has 2 N–H and O–H groups in total. The van der Waals surface area contributed by atoms with Crippen LogP contribution in [-0.2, 0) is 9.84 Å². The van der Waals surface area contributed by atoms with E-state index in [4.69, 9.17) is 10.5 Å². The summed E-state index contributed by atoms with van der Waals surface area (Å²) in [4.78, 5) is 0. The van der Waals surface area contributed by atoms with E-state index >= 15 is 0 Å². The fourth-order valence-electron chi connectivity index (χ4n) is 2.49. The van der Waals surface area contributed by atoms with Crippen molar-refractivity contribution in [3.05, 3.63) is 18.2 Å². The van der Waals surface area contributed by atoms with Crippen LogP contribution in [-0.4, -0.2) is 47.2 Å². The Morgan fingerprint density at radius 1 is 1.43 bits per heavy atom. The van der Waals surface area contributed by atoms with Crippen LogP contribution >= 0.6 is 0 Å². The van der Waals surface area contributed by atoms with Gasteiger partial charge in [-0.25, -0.2) is 13.1 Å². The zero-order valence-electron chi connectivity index (χ0n) is 11.4. The van der Waals surface area contributed by atoms with E-state index in [-0.39, 0.29) is 17.5 Å². The highest BCUT2D eigenvalue weighted by atomic mass is 32.2. The van der Waals surface area contributed by atoms with Crippen LogP contribution in [0.3, 0.4) is 0 Å². The zero-order valence-corrected chi connectivity index (χ0v) is 12.2. The van der Waals surface area contributed by atoms with Crippen LogP contribution < -0.4 is 10.5 Å². The van der Waals surface area contributed by atoms with Gasteiger partial charge in [0.25, 0.3) is 0 Å². The average Bonchev–Trinajstić information content (AvgIpc) is 3.04. The lowest BCUT2D eigenvalue weighted by molar-refractivity contribution is 0.415. The Labute approximate surface area is 121 Å². The molecule has 1 aliphatic heterocycles. The minimum atomic E-state index is -3.02. The van der Waals surface area contributed by atoms with Crippen LogP contribution in [0, 0.1) is 0 Å². The molecule has 3 rings (SSSR count). The highest BCUT2D eigenvalue weighted by Crippen LogP contribution is 2.33. The van der Waals surface area contributed by atoms with E-state index in [0.29, 0.717) is 29.2 Å². The molecule has 1 fully saturated rings. The number of benzene rings is 1. The smallest absolute Gasteiger partial charge is 0.186 e. The lowest BCUT2D eigenvalue weighted by Crippen LogP contribution is -2.14. The largest absolute Gasteiger partial charge is 0.496 e. The third-order valence-electron chi connectivity index (χ3n) is 3.51. The molecule has 0 aliphatic carbocycles. The normalized spacial score (nSPS) is 20.5. The zero-order chi connectivity index (χ0) is 15.0. The second kappa shape index (κ2) is 4.99. The highest BCUT2D eigenvalue weighted by molar-refractivity contribution is 7.91. The first-order valence-corrected chi connectivity index (χ1v) is 8.24. The van der Waals surface area contributed by atoms with Crippen LogP contribution in [0.15, 0.2) is 18.2 Å². The van der Waals surface area contributed by atoms with Crippen molar-refractivity contribution in [1.29, 1.82) is 0 Å². The number of anilines is 1. The summed E-state index contributed by atoms with van der Waals surface area (Å²) >= 11 is 0. The summed E-state index contributed by atoms with van der Waals surface area (Å²) in [7, 11) is -1.47. The maximum absolute atomic E-state index is 11.6. The van der Waals surface area contributed by atoms with Gasteiger partial charge in [0.2, 0.25) is 0 Å². The van der Waals surface area contributed by atoms with Crippen molar-refractivity contribution in [2.24, 2.45) is 0 Å². The van der Waals surface area contributed by atoms with Gasteiger partial charge in [-0.3, -0.25) is 0 Å². The topological polar surface area (TPSA) is 113 Å². The maximum Gasteiger partial charge on any atom is 0.186 e. The molecule has 8 nitrogen and oxygen atoms in total. The standard InChI is InChI=1S/C12H15N5O3S/c1-20-11-3-2-8(13)6-10(11)12-14-15-16-17(12)9-4-5-21(18,19)7-9/h2-3,6,9H,4-5,7,13H2,1H3. The van der Waals surface area contributed by atoms with E-state index in [1.807, 2.05) is 0 Å². The predicted molar refractivity (Wildman–Crippen MR) is 76.5 cm³/mol. The first-order valence-electron chi connectivity index (χ1n) is 6.42. The first-order chi connectivity index (χ1) is 10.00. The summed E-state index contributed by atoms with van der Waals surface area (Å²) in [5.74, 6) is 1.25. The number of rotatable bonds is 3. The van der Waals surface area contributed by atoms with Gasteiger partial charge in [-0.05, 0) is 35.0 Å². The van der Waals surface area contributed by atoms with Crippen molar-refractivity contribution in [2.45, 2.75) is 12.5 Å². The molecule has 0 spiro atoms. The Kier molecular flexibility index (Phi) is 3.28. The molecule has 1 aromatic heterocycles. The summed E-state index contributed by atoms with van der Waals surface area (Å²) in [6, 6.07) is 4.90. The van der Waals surface area contributed by atoms with Gasteiger partial charge >= 0.3 is 0 Å². The number of hydrogen-bond acceptors (Lipinski definition) is 7. The van der Waals surface area contributed by atoms with Gasteiger partial charge in [-0.15, -0.1) is 5.10 Å². The Balaban J connectivity index is 2.06. The number of nitrogens with zero attached hydrogens (tertiary/aromatic N) is 4. The maximum atomic E-state index is 11.6. The molecule has 0 saturated carbocycles. The molecule has 1 unspecified atom stereocenters. The SMILES string of the molecule is COc1ccc(N)cc1-c1nnnn1C1CCS(=O)(=O)C1. The predicted octanol–water partition coefficient (Wildman–Crippen LogP) is 0.290. The van der Waals surface area contributed by atoms with Gasteiger partial charge < -0.3 is 10.5 Å². The number of nitrogen functional groups attached to an aromatic ring is 1. The Morgan fingerprint density at radius 2 is 2.24 bits per heavy atom. The monoisotopic (exact) mass is 309 g/mol. The second-order valence-corrected chi connectivity index (χ2v) is 7.19. The minimum absolute atomic E-state index is 0.0513. The summed E-state index contributed by atoms with van der Waals surface area (Å²) in [5.41, 5.74) is 7.01. The fraction of sp³-hybridized carbons (Fsp3) is 0.417. The summed E-state index contributed by atoms with van der Waals surface area (Å²) < 4.78 is 30.1. The van der Waals surface area contributed by atoms with Gasteiger partial charge in [0.15, 0.2) is 15.7 Å². The molecule has 2 aromatic rings. The molecule has 112 valence electrons. The minimum Gasteiger partial charge on any atom is -0.496 e. The second-order valence-electron chi connectivity index (χ2n) is 4.96. The molecule has 1 aromatic carbocycles. The van der Waals surface area contributed by atoms with Gasteiger partial charge in [0.05, 0.1) is 30.2 Å².